The fourth-order valence-corrected chi connectivity index (χ4v) is 5.31. The van der Waals surface area contributed by atoms with Crippen LogP contribution in [-0.4, -0.2) is 81.2 Å². The smallest absolute Gasteiger partial charge is 0.411 e. The number of aliphatic carboxylic acids is 1. The minimum atomic E-state index is -4.64. The molecule has 1 saturated heterocycles. The van der Waals surface area contributed by atoms with Crippen LogP contribution in [0.4, 0.5) is 23.2 Å². The van der Waals surface area contributed by atoms with Gasteiger partial charge in [-0.15, -0.1) is 0 Å². The lowest BCUT2D eigenvalue weighted by atomic mass is 10.0. The Morgan fingerprint density at radius 2 is 1.91 bits per heavy atom. The molecule has 0 unspecified atom stereocenters. The molecule has 2 N–H and O–H groups in total. The molecule has 2 atom stereocenters. The summed E-state index contributed by atoms with van der Waals surface area (Å²) in [6, 6.07) is 2.66. The van der Waals surface area contributed by atoms with Crippen LogP contribution in [0.1, 0.15) is 21.5 Å². The predicted octanol–water partition coefficient (Wildman–Crippen LogP) is 2.13. The summed E-state index contributed by atoms with van der Waals surface area (Å²) in [5.74, 6) is -3.40. The average Bonchev–Trinajstić information content (AvgIpc) is 3.03. The van der Waals surface area contributed by atoms with Gasteiger partial charge in [0.25, 0.3) is 11.5 Å². The molecule has 0 bridgehead atoms. The number of nitrogens with zero attached hydrogens (tertiary/aromatic N) is 5. The molecule has 47 heavy (non-hydrogen) atoms. The van der Waals surface area contributed by atoms with E-state index in [1.807, 2.05) is 0 Å². The summed E-state index contributed by atoms with van der Waals surface area (Å²) in [7, 11) is 2.85. The van der Waals surface area contributed by atoms with Gasteiger partial charge in [0, 0.05) is 38.0 Å². The van der Waals surface area contributed by atoms with Crippen molar-refractivity contribution in [2.24, 2.45) is 7.05 Å². The molecule has 1 aromatic carbocycles. The number of fused-ring (bicyclic) bond motifs is 1. The number of aromatic nitrogens is 4. The molecule has 1 aliphatic rings. The van der Waals surface area contributed by atoms with Crippen LogP contribution >= 0.6 is 0 Å². The lowest BCUT2D eigenvalue weighted by Crippen LogP contribution is -2.53. The molecule has 17 heteroatoms. The molecule has 0 aliphatic carbocycles. The third kappa shape index (κ3) is 6.51. The number of carboxylic acids is 1. The fraction of sp³-hybridized carbons (Fsp3) is 0.333. The number of rotatable bonds is 8. The van der Waals surface area contributed by atoms with E-state index in [1.54, 1.807) is 0 Å². The summed E-state index contributed by atoms with van der Waals surface area (Å²) in [5.41, 5.74) is -1.59. The van der Waals surface area contributed by atoms with E-state index < -0.39 is 59.4 Å². The number of hydrogen-bond acceptors (Lipinski definition) is 9. The van der Waals surface area contributed by atoms with Crippen LogP contribution < -0.4 is 26.2 Å². The summed E-state index contributed by atoms with van der Waals surface area (Å²) in [5, 5.41) is 12.1. The maximum Gasteiger partial charge on any atom is 0.411 e. The zero-order valence-electron chi connectivity index (χ0n) is 25.2. The van der Waals surface area contributed by atoms with Crippen molar-refractivity contribution in [3.8, 4) is 11.6 Å². The van der Waals surface area contributed by atoms with Crippen LogP contribution in [0.3, 0.4) is 0 Å². The number of carbonyl (C=O) groups excluding carboxylic acids is 1. The summed E-state index contributed by atoms with van der Waals surface area (Å²) in [6.07, 6.45) is -2.42. The highest BCUT2D eigenvalue weighted by Gasteiger charge is 2.45. The second kappa shape index (κ2) is 12.8. The highest BCUT2D eigenvalue weighted by molar-refractivity contribution is 5.98. The van der Waals surface area contributed by atoms with Gasteiger partial charge in [-0.05, 0) is 36.2 Å². The minimum Gasteiger partial charge on any atom is -0.495 e. The molecule has 13 nitrogen and oxygen atoms in total. The van der Waals surface area contributed by atoms with Crippen LogP contribution in [0.2, 0.25) is 0 Å². The zero-order chi connectivity index (χ0) is 34.2. The Balaban J connectivity index is 1.36. The first-order valence-electron chi connectivity index (χ1n) is 14.1. The van der Waals surface area contributed by atoms with E-state index in [1.165, 1.54) is 62.3 Å². The number of halogens is 4. The molecular formula is C30H28F4N6O7. The van der Waals surface area contributed by atoms with Crippen molar-refractivity contribution < 1.29 is 41.7 Å². The maximum absolute atomic E-state index is 15.2. The molecule has 1 amide bonds. The zero-order valence-corrected chi connectivity index (χ0v) is 25.2. The van der Waals surface area contributed by atoms with Crippen molar-refractivity contribution in [1.82, 2.24) is 24.4 Å². The molecule has 1 aliphatic heterocycles. The van der Waals surface area contributed by atoms with Gasteiger partial charge < -0.3 is 24.8 Å². The van der Waals surface area contributed by atoms with Gasteiger partial charge in [-0.1, -0.05) is 6.07 Å². The van der Waals surface area contributed by atoms with Crippen LogP contribution in [-0.2, 0) is 23.0 Å². The lowest BCUT2D eigenvalue weighted by Gasteiger charge is -2.38. The van der Waals surface area contributed by atoms with Crippen molar-refractivity contribution in [3.05, 3.63) is 86.1 Å². The molecule has 0 spiro atoms. The van der Waals surface area contributed by atoms with E-state index in [-0.39, 0.29) is 53.2 Å². The van der Waals surface area contributed by atoms with E-state index in [0.717, 1.165) is 15.5 Å². The Kier molecular flexibility index (Phi) is 9.02. The number of benzene rings is 1. The highest BCUT2D eigenvalue weighted by Crippen LogP contribution is 2.33. The van der Waals surface area contributed by atoms with E-state index in [2.05, 4.69) is 15.3 Å². The predicted molar refractivity (Wildman–Crippen MR) is 159 cm³/mol. The molecule has 1 fully saturated rings. The van der Waals surface area contributed by atoms with Crippen molar-refractivity contribution in [2.45, 2.75) is 31.6 Å². The number of methoxy groups -OCH3 is 1. The third-order valence-corrected chi connectivity index (χ3v) is 7.74. The number of hydrogen-bond donors (Lipinski definition) is 2. The van der Waals surface area contributed by atoms with E-state index in [9.17, 15) is 37.5 Å². The van der Waals surface area contributed by atoms with Crippen LogP contribution in [0, 0.1) is 12.7 Å². The number of carboxylic acid groups (broad SMARTS) is 1. The Bertz CT molecular complexity index is 1950. The molecule has 0 radical (unpaired) electrons. The number of nitrogens with one attached hydrogen (secondary N) is 1. The Morgan fingerprint density at radius 1 is 1.17 bits per heavy atom. The topological polar surface area (TPSA) is 158 Å². The molecule has 4 heterocycles. The normalized spacial score (nSPS) is 15.8. The quantitative estimate of drug-likeness (QED) is 0.268. The SMILES string of the molecule is COc1cnc2c(=O)n(-c3ccc(C[C@H](NC(=O)c4c(C)cc(N5CCOC[C@@H]5C(F)(F)F)cc4F)C(=O)O)cn3)c(=O)n(C)c2c1. The summed E-state index contributed by atoms with van der Waals surface area (Å²) in [4.78, 5) is 60.5. The van der Waals surface area contributed by atoms with Crippen molar-refractivity contribution in [2.75, 3.05) is 31.8 Å². The Morgan fingerprint density at radius 3 is 2.53 bits per heavy atom. The van der Waals surface area contributed by atoms with Gasteiger partial charge in [0.15, 0.2) is 5.52 Å². The molecule has 5 rings (SSSR count). The molecule has 0 saturated carbocycles. The van der Waals surface area contributed by atoms with Crippen molar-refractivity contribution >= 4 is 28.6 Å². The van der Waals surface area contributed by atoms with E-state index in [0.29, 0.717) is 5.75 Å². The number of ether oxygens (including phenoxy) is 2. The maximum atomic E-state index is 15.2. The first kappa shape index (κ1) is 33.1. The molecule has 248 valence electrons. The largest absolute Gasteiger partial charge is 0.495 e. The van der Waals surface area contributed by atoms with Gasteiger partial charge in [-0.3, -0.25) is 14.2 Å². The second-order valence-corrected chi connectivity index (χ2v) is 10.8. The second-order valence-electron chi connectivity index (χ2n) is 10.8. The molecule has 3 aromatic heterocycles. The van der Waals surface area contributed by atoms with Gasteiger partial charge in [-0.2, -0.15) is 13.2 Å². The number of carbonyl (C=O) groups is 2. The van der Waals surface area contributed by atoms with Gasteiger partial charge in [0.1, 0.15) is 29.5 Å². The Labute approximate surface area is 263 Å². The van der Waals surface area contributed by atoms with Crippen molar-refractivity contribution in [1.29, 1.82) is 0 Å². The number of pyridine rings is 2. The lowest BCUT2D eigenvalue weighted by molar-refractivity contribution is -0.167. The summed E-state index contributed by atoms with van der Waals surface area (Å²) in [6.45, 7) is 0.534. The van der Waals surface area contributed by atoms with Crippen molar-refractivity contribution in [3.63, 3.8) is 0 Å². The molecule has 4 aromatic rings. The molecular weight excluding hydrogens is 632 g/mol. The Hall–Kier alpha value is -5.32. The van der Waals surface area contributed by atoms with Crippen LogP contribution in [0.15, 0.2) is 52.3 Å². The van der Waals surface area contributed by atoms with Gasteiger partial charge >= 0.3 is 17.8 Å². The average molecular weight is 661 g/mol. The summed E-state index contributed by atoms with van der Waals surface area (Å²) >= 11 is 0. The first-order valence-corrected chi connectivity index (χ1v) is 14.1. The first-order chi connectivity index (χ1) is 22.2. The van der Waals surface area contributed by atoms with E-state index in [4.69, 9.17) is 9.47 Å². The standard InChI is InChI=1S/C30H28F4N6O7/c1-15-8-17(39-6-7-47-14-22(39)30(32,33)34)10-19(31)24(15)26(41)37-20(28(43)44)9-16-4-5-23(35-12-16)40-27(42)25-21(38(2)29(40)45)11-18(46-3)13-36-25/h4-5,8,10-13,20,22H,6-7,9,14H2,1-3H3,(H,37,41)(H,43,44)/t20-,22+/m0/s1. The van der Waals surface area contributed by atoms with Gasteiger partial charge in [-0.25, -0.2) is 28.5 Å². The number of amides is 1. The number of morpholine rings is 1. The van der Waals surface area contributed by atoms with Crippen LogP contribution in [0.25, 0.3) is 16.9 Å². The summed E-state index contributed by atoms with van der Waals surface area (Å²) < 4.78 is 67.9. The number of alkyl halides is 3. The fourth-order valence-electron chi connectivity index (χ4n) is 5.31. The van der Waals surface area contributed by atoms with Gasteiger partial charge in [0.2, 0.25) is 0 Å². The van der Waals surface area contributed by atoms with E-state index >= 15 is 4.39 Å². The van der Waals surface area contributed by atoms with Crippen LogP contribution in [0.5, 0.6) is 5.75 Å². The minimum absolute atomic E-state index is 0.00424. The monoisotopic (exact) mass is 660 g/mol. The van der Waals surface area contributed by atoms with Gasteiger partial charge in [0.05, 0.1) is 37.6 Å². The highest BCUT2D eigenvalue weighted by atomic mass is 19.4. The number of anilines is 1. The third-order valence-electron chi connectivity index (χ3n) is 7.74. The number of aryl methyl sites for hydroxylation is 2.